The largest absolute Gasteiger partial charge is 0.472 e. The van der Waals surface area contributed by atoms with Gasteiger partial charge in [0.25, 0.3) is 0 Å². The predicted molar refractivity (Wildman–Crippen MR) is 119 cm³/mol. The van der Waals surface area contributed by atoms with E-state index in [1.807, 2.05) is 0 Å². The molecule has 1 aliphatic rings. The van der Waals surface area contributed by atoms with Crippen molar-refractivity contribution in [2.75, 3.05) is 13.2 Å². The van der Waals surface area contributed by atoms with Gasteiger partial charge in [0.05, 0.1) is 13.2 Å². The number of unbranched alkanes of at least 4 members (excludes halogenated alkanes) is 14. The van der Waals surface area contributed by atoms with E-state index in [0.29, 0.717) is 13.2 Å². The van der Waals surface area contributed by atoms with E-state index in [1.54, 1.807) is 0 Å². The summed E-state index contributed by atoms with van der Waals surface area (Å²) in [5.74, 6) is 0. The van der Waals surface area contributed by atoms with Gasteiger partial charge in [-0.15, -0.1) is 0 Å². The quantitative estimate of drug-likeness (QED) is 0.180. The highest BCUT2D eigenvalue weighted by Crippen LogP contribution is 2.52. The third-order valence-corrected chi connectivity index (χ3v) is 7.10. The van der Waals surface area contributed by atoms with Gasteiger partial charge >= 0.3 is 7.82 Å². The van der Waals surface area contributed by atoms with Crippen LogP contribution in [0, 0.1) is 5.41 Å². The maximum absolute atomic E-state index is 11.6. The van der Waals surface area contributed by atoms with Crippen molar-refractivity contribution in [1.82, 2.24) is 0 Å². The molecule has 28 heavy (non-hydrogen) atoms. The molecule has 5 heteroatoms. The average Bonchev–Trinajstić information content (AvgIpc) is 2.68. The Hall–Kier alpha value is 0.110. The van der Waals surface area contributed by atoms with E-state index < -0.39 is 7.82 Å². The highest BCUT2D eigenvalue weighted by Gasteiger charge is 2.40. The fraction of sp³-hybridized carbons (Fsp3) is 1.00. The van der Waals surface area contributed by atoms with Crippen molar-refractivity contribution >= 4 is 7.82 Å². The molecule has 1 saturated heterocycles. The molecule has 1 heterocycles. The van der Waals surface area contributed by atoms with Gasteiger partial charge in [-0.1, -0.05) is 117 Å². The van der Waals surface area contributed by atoms with Gasteiger partial charge in [0.2, 0.25) is 0 Å². The van der Waals surface area contributed by atoms with E-state index in [2.05, 4.69) is 13.8 Å². The van der Waals surface area contributed by atoms with Gasteiger partial charge in [0, 0.05) is 5.41 Å². The predicted octanol–water partition coefficient (Wildman–Crippen LogP) is 8.18. The Morgan fingerprint density at radius 2 is 0.964 bits per heavy atom. The van der Waals surface area contributed by atoms with Crippen LogP contribution in [-0.2, 0) is 13.6 Å². The van der Waals surface area contributed by atoms with Gasteiger partial charge < -0.3 is 4.89 Å². The second-order valence-electron chi connectivity index (χ2n) is 8.97. The zero-order valence-corrected chi connectivity index (χ0v) is 19.7. The van der Waals surface area contributed by atoms with Crippen LogP contribution in [0.4, 0.5) is 0 Å². The van der Waals surface area contributed by atoms with E-state index >= 15 is 0 Å². The summed E-state index contributed by atoms with van der Waals surface area (Å²) in [6.45, 7) is 5.28. The molecular formula is C23H47O4P. The van der Waals surface area contributed by atoms with Crippen LogP contribution in [0.5, 0.6) is 0 Å². The molecule has 4 nitrogen and oxygen atoms in total. The number of phosphoric acid groups is 1. The van der Waals surface area contributed by atoms with Gasteiger partial charge in [-0.25, -0.2) is 4.57 Å². The Morgan fingerprint density at radius 3 is 1.32 bits per heavy atom. The summed E-state index contributed by atoms with van der Waals surface area (Å²) in [5.41, 5.74) is -0.0545. The first-order chi connectivity index (χ1) is 13.5. The fourth-order valence-electron chi connectivity index (χ4n) is 4.20. The summed E-state index contributed by atoms with van der Waals surface area (Å²) in [4.78, 5) is 9.54. The molecule has 1 N–H and O–H groups in total. The maximum atomic E-state index is 11.6. The monoisotopic (exact) mass is 418 g/mol. The summed E-state index contributed by atoms with van der Waals surface area (Å²) in [5, 5.41) is 0. The second-order valence-corrected chi connectivity index (χ2v) is 10.4. The second kappa shape index (κ2) is 15.9. The summed E-state index contributed by atoms with van der Waals surface area (Å²) >= 11 is 0. The van der Waals surface area contributed by atoms with Crippen LogP contribution in [0.3, 0.4) is 0 Å². The lowest BCUT2D eigenvalue weighted by Gasteiger charge is -2.38. The molecule has 0 aromatic rings. The molecule has 0 radical (unpaired) electrons. The highest BCUT2D eigenvalue weighted by atomic mass is 31.2. The van der Waals surface area contributed by atoms with Gasteiger partial charge in [-0.05, 0) is 12.8 Å². The van der Waals surface area contributed by atoms with Crippen molar-refractivity contribution in [1.29, 1.82) is 0 Å². The summed E-state index contributed by atoms with van der Waals surface area (Å²) in [6.07, 6.45) is 23.0. The van der Waals surface area contributed by atoms with Crippen LogP contribution in [0.1, 0.15) is 129 Å². The molecule has 0 aromatic carbocycles. The molecule has 0 bridgehead atoms. The molecular weight excluding hydrogens is 371 g/mol. The minimum absolute atomic E-state index is 0.0545. The van der Waals surface area contributed by atoms with Crippen LogP contribution < -0.4 is 0 Å². The van der Waals surface area contributed by atoms with Crippen LogP contribution in [0.15, 0.2) is 0 Å². The lowest BCUT2D eigenvalue weighted by molar-refractivity contribution is -0.0187. The molecule has 0 atom stereocenters. The van der Waals surface area contributed by atoms with Crippen molar-refractivity contribution < 1.29 is 18.5 Å². The fourth-order valence-corrected chi connectivity index (χ4v) is 5.15. The molecule has 1 rings (SSSR count). The first-order valence-electron chi connectivity index (χ1n) is 12.2. The van der Waals surface area contributed by atoms with Crippen LogP contribution in [0.2, 0.25) is 0 Å². The SMILES string of the molecule is CCCCCCCCCCC1(CCCCCCCCCC)COP(=O)(O)OC1. The molecule has 0 spiro atoms. The Bertz CT molecular complexity index is 379. The minimum atomic E-state index is -3.79. The maximum Gasteiger partial charge on any atom is 0.472 e. The van der Waals surface area contributed by atoms with Crippen molar-refractivity contribution in [2.24, 2.45) is 5.41 Å². The summed E-state index contributed by atoms with van der Waals surface area (Å²) in [7, 11) is -3.79. The Morgan fingerprint density at radius 1 is 0.643 bits per heavy atom. The van der Waals surface area contributed by atoms with E-state index in [9.17, 15) is 9.46 Å². The molecule has 0 saturated carbocycles. The van der Waals surface area contributed by atoms with E-state index in [0.717, 1.165) is 12.8 Å². The van der Waals surface area contributed by atoms with E-state index in [1.165, 1.54) is 103 Å². The average molecular weight is 419 g/mol. The zero-order valence-electron chi connectivity index (χ0n) is 18.8. The summed E-state index contributed by atoms with van der Waals surface area (Å²) < 4.78 is 22.1. The molecule has 168 valence electrons. The smallest absolute Gasteiger partial charge is 0.302 e. The molecule has 1 fully saturated rings. The number of phosphoric ester groups is 1. The van der Waals surface area contributed by atoms with Crippen LogP contribution in [0.25, 0.3) is 0 Å². The van der Waals surface area contributed by atoms with Gasteiger partial charge in [-0.2, -0.15) is 0 Å². The number of rotatable bonds is 18. The first-order valence-corrected chi connectivity index (χ1v) is 13.6. The Labute approximate surface area is 174 Å². The molecule has 0 amide bonds. The van der Waals surface area contributed by atoms with Gasteiger partial charge in [0.15, 0.2) is 0 Å². The first kappa shape index (κ1) is 26.1. The van der Waals surface area contributed by atoms with E-state index in [-0.39, 0.29) is 5.41 Å². The van der Waals surface area contributed by atoms with Crippen molar-refractivity contribution in [3.05, 3.63) is 0 Å². The molecule has 0 aromatic heterocycles. The Kier molecular flexibility index (Phi) is 14.8. The lowest BCUT2D eigenvalue weighted by Crippen LogP contribution is -2.35. The number of hydrogen-bond acceptors (Lipinski definition) is 3. The molecule has 0 aliphatic carbocycles. The lowest BCUT2D eigenvalue weighted by atomic mass is 9.79. The normalized spacial score (nSPS) is 18.4. The van der Waals surface area contributed by atoms with Crippen molar-refractivity contribution in [3.63, 3.8) is 0 Å². The van der Waals surface area contributed by atoms with E-state index in [4.69, 9.17) is 9.05 Å². The third kappa shape index (κ3) is 12.6. The Balaban J connectivity index is 2.23. The molecule has 1 aliphatic heterocycles. The van der Waals surface area contributed by atoms with Gasteiger partial charge in [0.1, 0.15) is 0 Å². The van der Waals surface area contributed by atoms with Crippen LogP contribution >= 0.6 is 7.82 Å². The summed E-state index contributed by atoms with van der Waals surface area (Å²) in [6, 6.07) is 0. The third-order valence-electron chi connectivity index (χ3n) is 6.19. The van der Waals surface area contributed by atoms with Crippen LogP contribution in [-0.4, -0.2) is 18.1 Å². The zero-order chi connectivity index (χ0) is 20.6. The topological polar surface area (TPSA) is 55.8 Å². The van der Waals surface area contributed by atoms with Crippen molar-refractivity contribution in [2.45, 2.75) is 129 Å². The minimum Gasteiger partial charge on any atom is -0.302 e. The standard InChI is InChI=1S/C23H47O4P/c1-3-5-7-9-11-13-15-17-19-23(21-26-28(24,25)27-22-23)20-18-16-14-12-10-8-6-4-2/h3-22H2,1-2H3,(H,24,25). The highest BCUT2D eigenvalue weighted by molar-refractivity contribution is 7.47. The van der Waals surface area contributed by atoms with Crippen molar-refractivity contribution in [3.8, 4) is 0 Å². The van der Waals surface area contributed by atoms with Gasteiger partial charge in [-0.3, -0.25) is 9.05 Å². The molecule has 0 unspecified atom stereocenters. The number of hydrogen-bond donors (Lipinski definition) is 1.